The Labute approximate surface area is 112 Å². The molecule has 0 aromatic heterocycles. The van der Waals surface area contributed by atoms with E-state index in [0.29, 0.717) is 12.0 Å². The van der Waals surface area contributed by atoms with Crippen molar-refractivity contribution in [3.63, 3.8) is 0 Å². The fourth-order valence-corrected chi connectivity index (χ4v) is 2.41. The van der Waals surface area contributed by atoms with Gasteiger partial charge in [-0.1, -0.05) is 13.8 Å². The average molecular weight is 257 g/mol. The zero-order chi connectivity index (χ0) is 13.9. The number of rotatable bonds is 6. The van der Waals surface area contributed by atoms with Crippen LogP contribution in [0.25, 0.3) is 0 Å². The van der Waals surface area contributed by atoms with Gasteiger partial charge in [0.2, 0.25) is 0 Å². The Bertz CT molecular complexity index is 251. The Morgan fingerprint density at radius 3 is 2.11 bits per heavy atom. The molecule has 3 nitrogen and oxygen atoms in total. The predicted molar refractivity (Wildman–Crippen MR) is 75.7 cm³/mol. The lowest BCUT2D eigenvalue weighted by Crippen LogP contribution is -2.46. The molecular weight excluding hydrogens is 226 g/mol. The van der Waals surface area contributed by atoms with Gasteiger partial charge < -0.3 is 15.2 Å². The lowest BCUT2D eigenvalue weighted by Gasteiger charge is -2.43. The van der Waals surface area contributed by atoms with E-state index in [1.165, 1.54) is 12.8 Å². The number of ether oxygens (including phenoxy) is 2. The van der Waals surface area contributed by atoms with Gasteiger partial charge in [-0.2, -0.15) is 0 Å². The molecule has 1 fully saturated rings. The van der Waals surface area contributed by atoms with Gasteiger partial charge in [-0.15, -0.1) is 0 Å². The molecule has 0 aromatic carbocycles. The molecule has 2 N–H and O–H groups in total. The maximum atomic E-state index is 6.15. The monoisotopic (exact) mass is 257 g/mol. The fourth-order valence-electron chi connectivity index (χ4n) is 2.41. The molecule has 0 bridgehead atoms. The summed E-state index contributed by atoms with van der Waals surface area (Å²) in [7, 11) is 1.75. The van der Waals surface area contributed by atoms with Crippen molar-refractivity contribution in [3.8, 4) is 0 Å². The molecule has 1 rings (SSSR count). The second-order valence-electron chi connectivity index (χ2n) is 7.11. The molecule has 0 aromatic rings. The standard InChI is InChI=1S/C15H31NO2/c1-13(2)6-8-15(12-16,9-7-13)18-11-10-14(3,4)17-5/h6-12,16H2,1-5H3. The predicted octanol–water partition coefficient (Wildman–Crippen LogP) is 3.12. The lowest BCUT2D eigenvalue weighted by atomic mass is 9.71. The summed E-state index contributed by atoms with van der Waals surface area (Å²) in [5.41, 5.74) is 6.21. The van der Waals surface area contributed by atoms with Gasteiger partial charge in [-0.05, 0) is 51.4 Å². The highest BCUT2D eigenvalue weighted by Gasteiger charge is 2.38. The van der Waals surface area contributed by atoms with E-state index in [1.54, 1.807) is 7.11 Å². The molecule has 0 amide bonds. The van der Waals surface area contributed by atoms with E-state index in [1.807, 2.05) is 0 Å². The van der Waals surface area contributed by atoms with Gasteiger partial charge in [-0.25, -0.2) is 0 Å². The Balaban J connectivity index is 2.43. The summed E-state index contributed by atoms with van der Waals surface area (Å²) in [6, 6.07) is 0. The van der Waals surface area contributed by atoms with Crippen molar-refractivity contribution in [3.05, 3.63) is 0 Å². The quantitative estimate of drug-likeness (QED) is 0.795. The van der Waals surface area contributed by atoms with Gasteiger partial charge >= 0.3 is 0 Å². The SMILES string of the molecule is COC(C)(C)CCOC1(CN)CCC(C)(C)CC1. The average Bonchev–Trinajstić information content (AvgIpc) is 2.32. The number of nitrogens with two attached hydrogens (primary N) is 1. The van der Waals surface area contributed by atoms with Gasteiger partial charge in [0.05, 0.1) is 17.8 Å². The van der Waals surface area contributed by atoms with Crippen LogP contribution < -0.4 is 5.73 Å². The maximum absolute atomic E-state index is 6.15. The van der Waals surface area contributed by atoms with Crippen LogP contribution in [-0.4, -0.2) is 31.5 Å². The molecule has 0 atom stereocenters. The highest BCUT2D eigenvalue weighted by Crippen LogP contribution is 2.41. The molecular formula is C15H31NO2. The largest absolute Gasteiger partial charge is 0.379 e. The molecule has 0 heterocycles. The van der Waals surface area contributed by atoms with Crippen LogP contribution in [0.3, 0.4) is 0 Å². The van der Waals surface area contributed by atoms with Crippen molar-refractivity contribution < 1.29 is 9.47 Å². The summed E-state index contributed by atoms with van der Waals surface area (Å²) in [5, 5.41) is 0. The van der Waals surface area contributed by atoms with Gasteiger partial charge in [0, 0.05) is 13.7 Å². The molecule has 18 heavy (non-hydrogen) atoms. The molecule has 108 valence electrons. The van der Waals surface area contributed by atoms with Crippen LogP contribution in [-0.2, 0) is 9.47 Å². The van der Waals surface area contributed by atoms with Crippen LogP contribution in [0.4, 0.5) is 0 Å². The molecule has 0 radical (unpaired) electrons. The normalized spacial score (nSPS) is 23.0. The highest BCUT2D eigenvalue weighted by molar-refractivity contribution is 4.91. The number of hydrogen-bond acceptors (Lipinski definition) is 3. The Morgan fingerprint density at radius 1 is 1.11 bits per heavy atom. The Morgan fingerprint density at radius 2 is 1.67 bits per heavy atom. The Kier molecular flexibility index (Phi) is 5.22. The maximum Gasteiger partial charge on any atom is 0.0804 e. The van der Waals surface area contributed by atoms with Crippen molar-refractivity contribution >= 4 is 0 Å². The summed E-state index contributed by atoms with van der Waals surface area (Å²) in [6.45, 7) is 10.2. The third-order valence-electron chi connectivity index (χ3n) is 4.55. The van der Waals surface area contributed by atoms with Crippen molar-refractivity contribution in [1.29, 1.82) is 0 Å². The van der Waals surface area contributed by atoms with Crippen LogP contribution in [0.15, 0.2) is 0 Å². The first-order chi connectivity index (χ1) is 8.24. The summed E-state index contributed by atoms with van der Waals surface area (Å²) < 4.78 is 11.6. The van der Waals surface area contributed by atoms with Crippen LogP contribution in [0.1, 0.15) is 59.8 Å². The number of methoxy groups -OCH3 is 1. The fraction of sp³-hybridized carbons (Fsp3) is 1.00. The van der Waals surface area contributed by atoms with Crippen molar-refractivity contribution in [2.24, 2.45) is 11.1 Å². The molecule has 3 heteroatoms. The van der Waals surface area contributed by atoms with E-state index in [2.05, 4.69) is 27.7 Å². The second-order valence-corrected chi connectivity index (χ2v) is 7.11. The lowest BCUT2D eigenvalue weighted by molar-refractivity contribution is -0.0996. The van der Waals surface area contributed by atoms with E-state index in [9.17, 15) is 0 Å². The van der Waals surface area contributed by atoms with E-state index in [4.69, 9.17) is 15.2 Å². The number of hydrogen-bond donors (Lipinski definition) is 1. The van der Waals surface area contributed by atoms with Crippen LogP contribution in [0, 0.1) is 5.41 Å². The topological polar surface area (TPSA) is 44.5 Å². The first kappa shape index (κ1) is 15.9. The smallest absolute Gasteiger partial charge is 0.0804 e. The van der Waals surface area contributed by atoms with Crippen LogP contribution in [0.5, 0.6) is 0 Å². The minimum atomic E-state index is -0.107. The summed E-state index contributed by atoms with van der Waals surface area (Å²) in [5.74, 6) is 0. The minimum Gasteiger partial charge on any atom is -0.379 e. The van der Waals surface area contributed by atoms with Gasteiger partial charge in [0.15, 0.2) is 0 Å². The molecule has 0 spiro atoms. The summed E-state index contributed by atoms with van der Waals surface area (Å²) in [6.07, 6.45) is 5.50. The zero-order valence-corrected chi connectivity index (χ0v) is 12.8. The van der Waals surface area contributed by atoms with Crippen molar-refractivity contribution in [1.82, 2.24) is 0 Å². The van der Waals surface area contributed by atoms with Gasteiger partial charge in [-0.3, -0.25) is 0 Å². The van der Waals surface area contributed by atoms with Gasteiger partial charge in [0.1, 0.15) is 0 Å². The molecule has 0 aliphatic heterocycles. The van der Waals surface area contributed by atoms with E-state index in [-0.39, 0.29) is 11.2 Å². The van der Waals surface area contributed by atoms with Crippen LogP contribution >= 0.6 is 0 Å². The zero-order valence-electron chi connectivity index (χ0n) is 12.8. The molecule has 1 saturated carbocycles. The van der Waals surface area contributed by atoms with Gasteiger partial charge in [0.25, 0.3) is 0 Å². The molecule has 0 saturated heterocycles. The first-order valence-electron chi connectivity index (χ1n) is 7.13. The third-order valence-corrected chi connectivity index (χ3v) is 4.55. The van der Waals surface area contributed by atoms with E-state index >= 15 is 0 Å². The minimum absolute atomic E-state index is 0.0840. The molecule has 0 unspecified atom stereocenters. The molecule has 1 aliphatic rings. The van der Waals surface area contributed by atoms with Crippen molar-refractivity contribution in [2.75, 3.05) is 20.3 Å². The second kappa shape index (κ2) is 5.89. The van der Waals surface area contributed by atoms with Crippen LogP contribution in [0.2, 0.25) is 0 Å². The highest BCUT2D eigenvalue weighted by atomic mass is 16.5. The van der Waals surface area contributed by atoms with E-state index in [0.717, 1.165) is 25.9 Å². The Hall–Kier alpha value is -0.120. The molecule has 1 aliphatic carbocycles. The van der Waals surface area contributed by atoms with Crippen molar-refractivity contribution in [2.45, 2.75) is 71.0 Å². The summed E-state index contributed by atoms with van der Waals surface area (Å²) >= 11 is 0. The third kappa shape index (κ3) is 4.52. The summed E-state index contributed by atoms with van der Waals surface area (Å²) in [4.78, 5) is 0. The van der Waals surface area contributed by atoms with E-state index < -0.39 is 0 Å². The first-order valence-corrected chi connectivity index (χ1v) is 7.13.